The first kappa shape index (κ1) is 20.6. The smallest absolute Gasteiger partial charge is 0.157 e. The standard InChI is InChI=1S/C22H33N3S/c1-16(2)14-17(3)15-19(5)26-20(6)25-13-9-8-12-24(7)21-11-10-18(4)23-22(21)25/h10-11,14,19H,1,6,8-9,12-13,15H2,2-5,7H3/b17-14-. The summed E-state index contributed by atoms with van der Waals surface area (Å²) in [5.41, 5.74) is 4.72. The highest BCUT2D eigenvalue weighted by Gasteiger charge is 2.22. The van der Waals surface area contributed by atoms with E-state index in [1.165, 1.54) is 17.7 Å². The fourth-order valence-electron chi connectivity index (χ4n) is 3.39. The summed E-state index contributed by atoms with van der Waals surface area (Å²) in [4.78, 5) is 9.49. The minimum atomic E-state index is 0.467. The van der Waals surface area contributed by atoms with Crippen LogP contribution in [0.15, 0.2) is 47.5 Å². The highest BCUT2D eigenvalue weighted by Crippen LogP contribution is 2.36. The van der Waals surface area contributed by atoms with Crippen molar-refractivity contribution in [2.45, 2.75) is 52.2 Å². The highest BCUT2D eigenvalue weighted by atomic mass is 32.2. The molecule has 4 heteroatoms. The van der Waals surface area contributed by atoms with Gasteiger partial charge in [0.05, 0.1) is 10.7 Å². The number of nitrogens with zero attached hydrogens (tertiary/aromatic N) is 3. The van der Waals surface area contributed by atoms with Crippen molar-refractivity contribution in [3.05, 3.63) is 53.2 Å². The molecule has 0 spiro atoms. The molecule has 0 saturated carbocycles. The molecular weight excluding hydrogens is 338 g/mol. The molecule has 2 heterocycles. The SMILES string of the molecule is C=C(C)/C=C(/C)CC(C)SC(=C)N1CCCCN(C)c2ccc(C)nc21. The summed E-state index contributed by atoms with van der Waals surface area (Å²) in [7, 11) is 2.16. The summed E-state index contributed by atoms with van der Waals surface area (Å²) in [6.07, 6.45) is 5.56. The van der Waals surface area contributed by atoms with Gasteiger partial charge in [-0.05, 0) is 52.2 Å². The third kappa shape index (κ3) is 5.66. The van der Waals surface area contributed by atoms with Crippen molar-refractivity contribution in [2.75, 3.05) is 29.9 Å². The molecule has 1 aliphatic rings. The van der Waals surface area contributed by atoms with Crippen LogP contribution in [0.1, 0.15) is 45.7 Å². The monoisotopic (exact) mass is 371 g/mol. The van der Waals surface area contributed by atoms with Crippen LogP contribution in [0.25, 0.3) is 0 Å². The average Bonchev–Trinajstić information content (AvgIpc) is 2.51. The van der Waals surface area contributed by atoms with Crippen LogP contribution in [0.5, 0.6) is 0 Å². The average molecular weight is 372 g/mol. The molecule has 0 aliphatic carbocycles. The third-order valence-corrected chi connectivity index (χ3v) is 5.59. The Bertz CT molecular complexity index is 693. The lowest BCUT2D eigenvalue weighted by atomic mass is 10.1. The van der Waals surface area contributed by atoms with Gasteiger partial charge in [-0.1, -0.05) is 37.3 Å². The molecule has 0 radical (unpaired) electrons. The molecule has 0 amide bonds. The summed E-state index contributed by atoms with van der Waals surface area (Å²) in [6.45, 7) is 19.0. The molecule has 1 unspecified atom stereocenters. The zero-order valence-corrected chi connectivity index (χ0v) is 17.8. The fraction of sp³-hybridized carbons (Fsp3) is 0.500. The first-order chi connectivity index (χ1) is 12.3. The molecule has 1 aliphatic heterocycles. The Balaban J connectivity index is 2.18. The van der Waals surface area contributed by atoms with E-state index in [9.17, 15) is 0 Å². The largest absolute Gasteiger partial charge is 0.372 e. The van der Waals surface area contributed by atoms with Gasteiger partial charge in [0.15, 0.2) is 5.82 Å². The molecule has 0 N–H and O–H groups in total. The van der Waals surface area contributed by atoms with Crippen molar-refractivity contribution in [1.29, 1.82) is 0 Å². The van der Waals surface area contributed by atoms with Crippen molar-refractivity contribution in [3.63, 3.8) is 0 Å². The second kappa shape index (κ2) is 9.31. The Morgan fingerprint density at radius 3 is 2.65 bits per heavy atom. The number of aromatic nitrogens is 1. The predicted octanol–water partition coefficient (Wildman–Crippen LogP) is 5.93. The van der Waals surface area contributed by atoms with E-state index in [-0.39, 0.29) is 0 Å². The van der Waals surface area contributed by atoms with E-state index in [1.54, 1.807) is 0 Å². The lowest BCUT2D eigenvalue weighted by Gasteiger charge is -2.34. The molecule has 1 aromatic heterocycles. The second-order valence-corrected chi connectivity index (χ2v) is 8.95. The van der Waals surface area contributed by atoms with E-state index in [0.29, 0.717) is 5.25 Å². The molecule has 0 fully saturated rings. The first-order valence-electron chi connectivity index (χ1n) is 9.42. The van der Waals surface area contributed by atoms with Gasteiger partial charge in [-0.15, -0.1) is 11.8 Å². The number of fused-ring (bicyclic) bond motifs is 1. The molecule has 142 valence electrons. The second-order valence-electron chi connectivity index (χ2n) is 7.44. The molecule has 3 nitrogen and oxygen atoms in total. The molecule has 2 rings (SSSR count). The summed E-state index contributed by atoms with van der Waals surface area (Å²) in [5, 5.41) is 1.56. The third-order valence-electron chi connectivity index (χ3n) is 4.53. The van der Waals surface area contributed by atoms with Crippen LogP contribution in [0.4, 0.5) is 11.5 Å². The van der Waals surface area contributed by atoms with Gasteiger partial charge in [-0.3, -0.25) is 0 Å². The van der Waals surface area contributed by atoms with Gasteiger partial charge in [-0.25, -0.2) is 4.98 Å². The minimum absolute atomic E-state index is 0.467. The molecule has 26 heavy (non-hydrogen) atoms. The normalized spacial score (nSPS) is 16.6. The molecule has 1 atom stereocenters. The van der Waals surface area contributed by atoms with Gasteiger partial charge >= 0.3 is 0 Å². The van der Waals surface area contributed by atoms with Gasteiger partial charge in [0.2, 0.25) is 0 Å². The zero-order valence-electron chi connectivity index (χ0n) is 17.0. The number of pyridine rings is 1. The summed E-state index contributed by atoms with van der Waals surface area (Å²) >= 11 is 1.85. The number of hydrogen-bond acceptors (Lipinski definition) is 4. The van der Waals surface area contributed by atoms with Gasteiger partial charge < -0.3 is 9.80 Å². The number of rotatable bonds is 6. The van der Waals surface area contributed by atoms with Crippen LogP contribution < -0.4 is 9.80 Å². The lowest BCUT2D eigenvalue weighted by Crippen LogP contribution is -2.31. The fourth-order valence-corrected chi connectivity index (χ4v) is 4.51. The van der Waals surface area contributed by atoms with Crippen molar-refractivity contribution >= 4 is 23.3 Å². The van der Waals surface area contributed by atoms with Crippen molar-refractivity contribution in [1.82, 2.24) is 4.98 Å². The zero-order chi connectivity index (χ0) is 19.3. The van der Waals surface area contributed by atoms with Crippen LogP contribution in [0.2, 0.25) is 0 Å². The Hall–Kier alpha value is -1.68. The topological polar surface area (TPSA) is 19.4 Å². The minimum Gasteiger partial charge on any atom is -0.372 e. The van der Waals surface area contributed by atoms with Crippen molar-refractivity contribution in [3.8, 4) is 0 Å². The van der Waals surface area contributed by atoms with Crippen molar-refractivity contribution < 1.29 is 0 Å². The molecule has 0 aromatic carbocycles. The van der Waals surface area contributed by atoms with Gasteiger partial charge in [0.25, 0.3) is 0 Å². The quantitative estimate of drug-likeness (QED) is 0.577. The Morgan fingerprint density at radius 2 is 1.96 bits per heavy atom. The van der Waals surface area contributed by atoms with Crippen LogP contribution in [0, 0.1) is 6.92 Å². The van der Waals surface area contributed by atoms with Crippen LogP contribution >= 0.6 is 11.8 Å². The maximum Gasteiger partial charge on any atom is 0.157 e. The van der Waals surface area contributed by atoms with E-state index in [2.05, 4.69) is 69.0 Å². The van der Waals surface area contributed by atoms with E-state index < -0.39 is 0 Å². The van der Waals surface area contributed by atoms with Crippen LogP contribution in [-0.2, 0) is 0 Å². The Morgan fingerprint density at radius 1 is 1.27 bits per heavy atom. The van der Waals surface area contributed by atoms with E-state index in [4.69, 9.17) is 4.98 Å². The molecule has 0 bridgehead atoms. The lowest BCUT2D eigenvalue weighted by molar-refractivity contribution is 0.693. The number of thioether (sulfide) groups is 1. The number of aryl methyl sites for hydroxylation is 1. The van der Waals surface area contributed by atoms with Gasteiger partial charge in [-0.2, -0.15) is 0 Å². The summed E-state index contributed by atoms with van der Waals surface area (Å²) < 4.78 is 0. The molecule has 1 aromatic rings. The highest BCUT2D eigenvalue weighted by molar-refractivity contribution is 8.03. The predicted molar refractivity (Wildman–Crippen MR) is 118 cm³/mol. The van der Waals surface area contributed by atoms with E-state index in [0.717, 1.165) is 48.0 Å². The summed E-state index contributed by atoms with van der Waals surface area (Å²) in [6, 6.07) is 4.29. The Kier molecular flexibility index (Phi) is 7.39. The van der Waals surface area contributed by atoms with Gasteiger partial charge in [0.1, 0.15) is 0 Å². The molecular formula is C22H33N3S. The maximum atomic E-state index is 4.86. The van der Waals surface area contributed by atoms with E-state index in [1.807, 2.05) is 18.7 Å². The number of hydrogen-bond donors (Lipinski definition) is 0. The van der Waals surface area contributed by atoms with Crippen LogP contribution in [-0.4, -0.2) is 30.4 Å². The molecule has 0 saturated heterocycles. The Labute approximate surface area is 163 Å². The number of allylic oxidation sites excluding steroid dienone is 3. The summed E-state index contributed by atoms with van der Waals surface area (Å²) in [5.74, 6) is 1.05. The number of anilines is 2. The van der Waals surface area contributed by atoms with E-state index >= 15 is 0 Å². The van der Waals surface area contributed by atoms with Crippen LogP contribution in [0.3, 0.4) is 0 Å². The van der Waals surface area contributed by atoms with Crippen molar-refractivity contribution in [2.24, 2.45) is 0 Å². The first-order valence-corrected chi connectivity index (χ1v) is 10.3. The van der Waals surface area contributed by atoms with Gasteiger partial charge in [0, 0.05) is 31.1 Å². The maximum absolute atomic E-state index is 4.86.